The second kappa shape index (κ2) is 5.85. The van der Waals surface area contributed by atoms with Gasteiger partial charge in [-0.05, 0) is 37.0 Å². The van der Waals surface area contributed by atoms with Crippen LogP contribution in [0, 0.1) is 5.92 Å². The maximum atomic E-state index is 12.1. The van der Waals surface area contributed by atoms with Gasteiger partial charge < -0.3 is 4.90 Å². The molecule has 2 rings (SSSR count). The Bertz CT molecular complexity index is 767. The molecular formula is C15H23NO4S2. The topological polar surface area (TPSA) is 71.5 Å². The molecule has 1 aromatic rings. The molecule has 1 fully saturated rings. The van der Waals surface area contributed by atoms with Gasteiger partial charge in [0.1, 0.15) is 0 Å². The lowest BCUT2D eigenvalue weighted by atomic mass is 10.0. The predicted octanol–water partition coefficient (Wildman–Crippen LogP) is 2.12. The summed E-state index contributed by atoms with van der Waals surface area (Å²) in [5, 5.41) is 0. The van der Waals surface area contributed by atoms with Gasteiger partial charge in [0.05, 0.1) is 15.5 Å². The van der Waals surface area contributed by atoms with Gasteiger partial charge in [-0.1, -0.05) is 13.8 Å². The van der Waals surface area contributed by atoms with Gasteiger partial charge in [0.2, 0.25) is 0 Å². The van der Waals surface area contributed by atoms with Crippen molar-refractivity contribution in [1.29, 1.82) is 0 Å². The highest BCUT2D eigenvalue weighted by Gasteiger charge is 2.31. The molecule has 0 spiro atoms. The molecule has 124 valence electrons. The standard InChI is InChI=1S/C15H23NO4S2/c1-11(2)13-6-5-9-16(13)14-8-7-12(21(3,17)18)10-15(14)22(4,19)20/h7-8,10-11,13H,5-6,9H2,1-4H3/t13-/m1/s1. The van der Waals surface area contributed by atoms with Crippen molar-refractivity contribution in [3.8, 4) is 0 Å². The molecule has 0 aliphatic carbocycles. The van der Waals surface area contributed by atoms with Gasteiger partial charge in [0, 0.05) is 25.1 Å². The molecular weight excluding hydrogens is 322 g/mol. The third-order valence-electron chi connectivity index (χ3n) is 4.14. The van der Waals surface area contributed by atoms with Gasteiger partial charge >= 0.3 is 0 Å². The average molecular weight is 345 g/mol. The predicted molar refractivity (Wildman–Crippen MR) is 87.9 cm³/mol. The third kappa shape index (κ3) is 3.46. The summed E-state index contributed by atoms with van der Waals surface area (Å²) in [5.41, 5.74) is 0.617. The minimum absolute atomic E-state index is 0.0389. The summed E-state index contributed by atoms with van der Waals surface area (Å²) in [6.45, 7) is 5.03. The number of benzene rings is 1. The fourth-order valence-electron chi connectivity index (χ4n) is 3.04. The van der Waals surface area contributed by atoms with E-state index in [1.54, 1.807) is 6.07 Å². The average Bonchev–Trinajstić information content (AvgIpc) is 2.85. The van der Waals surface area contributed by atoms with E-state index in [0.717, 1.165) is 31.9 Å². The summed E-state index contributed by atoms with van der Waals surface area (Å²) in [6, 6.07) is 4.70. The van der Waals surface area contributed by atoms with Crippen LogP contribution in [0.4, 0.5) is 5.69 Å². The zero-order valence-corrected chi connectivity index (χ0v) is 15.0. The summed E-state index contributed by atoms with van der Waals surface area (Å²) < 4.78 is 47.7. The van der Waals surface area contributed by atoms with Gasteiger partial charge in [-0.15, -0.1) is 0 Å². The Kier molecular flexibility index (Phi) is 4.59. The van der Waals surface area contributed by atoms with Crippen LogP contribution in [0.15, 0.2) is 28.0 Å². The second-order valence-corrected chi connectivity index (χ2v) is 10.3. The summed E-state index contributed by atoms with van der Waals surface area (Å²) in [4.78, 5) is 2.24. The molecule has 0 saturated carbocycles. The zero-order valence-electron chi connectivity index (χ0n) is 13.4. The molecule has 1 saturated heterocycles. The number of hydrogen-bond acceptors (Lipinski definition) is 5. The highest BCUT2D eigenvalue weighted by atomic mass is 32.2. The largest absolute Gasteiger partial charge is 0.367 e. The second-order valence-electron chi connectivity index (χ2n) is 6.32. The molecule has 1 aliphatic rings. The van der Waals surface area contributed by atoms with Crippen molar-refractivity contribution in [2.75, 3.05) is 24.0 Å². The number of anilines is 1. The number of rotatable bonds is 4. The Morgan fingerprint density at radius 1 is 1.09 bits per heavy atom. The lowest BCUT2D eigenvalue weighted by Gasteiger charge is -2.31. The molecule has 0 aromatic heterocycles. The van der Waals surface area contributed by atoms with Crippen molar-refractivity contribution in [2.24, 2.45) is 5.92 Å². The summed E-state index contributed by atoms with van der Waals surface area (Å²) in [7, 11) is -6.95. The van der Waals surface area contributed by atoms with Crippen LogP contribution in [0.25, 0.3) is 0 Å². The first kappa shape index (κ1) is 17.3. The van der Waals surface area contributed by atoms with Crippen LogP contribution in [0.2, 0.25) is 0 Å². The molecule has 1 heterocycles. The highest BCUT2D eigenvalue weighted by molar-refractivity contribution is 7.91. The molecule has 7 heteroatoms. The van der Waals surface area contributed by atoms with Gasteiger partial charge in [-0.3, -0.25) is 0 Å². The van der Waals surface area contributed by atoms with Crippen LogP contribution in [0.3, 0.4) is 0 Å². The molecule has 0 bridgehead atoms. The van der Waals surface area contributed by atoms with Crippen LogP contribution in [0.1, 0.15) is 26.7 Å². The molecule has 1 aromatic carbocycles. The molecule has 22 heavy (non-hydrogen) atoms. The molecule has 0 amide bonds. The Balaban J connectivity index is 2.62. The van der Waals surface area contributed by atoms with E-state index >= 15 is 0 Å². The lowest BCUT2D eigenvalue weighted by molar-refractivity contribution is 0.490. The number of hydrogen-bond donors (Lipinski definition) is 0. The highest BCUT2D eigenvalue weighted by Crippen LogP contribution is 2.35. The minimum atomic E-state index is -3.51. The number of sulfone groups is 2. The summed E-state index contributed by atoms with van der Waals surface area (Å²) >= 11 is 0. The van der Waals surface area contributed by atoms with E-state index in [0.29, 0.717) is 11.6 Å². The number of nitrogens with zero attached hydrogens (tertiary/aromatic N) is 1. The molecule has 0 unspecified atom stereocenters. The van der Waals surface area contributed by atoms with Crippen LogP contribution in [-0.2, 0) is 19.7 Å². The third-order valence-corrected chi connectivity index (χ3v) is 6.37. The first-order chi connectivity index (χ1) is 10.0. The summed E-state index contributed by atoms with van der Waals surface area (Å²) in [6.07, 6.45) is 4.24. The van der Waals surface area contributed by atoms with Crippen LogP contribution >= 0.6 is 0 Å². The maximum absolute atomic E-state index is 12.1. The van der Waals surface area contributed by atoms with Crippen molar-refractivity contribution in [3.63, 3.8) is 0 Å². The van der Waals surface area contributed by atoms with Crippen LogP contribution in [-0.4, -0.2) is 41.9 Å². The first-order valence-electron chi connectivity index (χ1n) is 7.32. The molecule has 0 N–H and O–H groups in total. The van der Waals surface area contributed by atoms with Crippen LogP contribution < -0.4 is 4.90 Å². The summed E-state index contributed by atoms with van der Waals surface area (Å²) in [5.74, 6) is 0.407. The van der Waals surface area contributed by atoms with E-state index in [-0.39, 0.29) is 15.8 Å². The van der Waals surface area contributed by atoms with Crippen molar-refractivity contribution >= 4 is 25.4 Å². The first-order valence-corrected chi connectivity index (χ1v) is 11.1. The molecule has 5 nitrogen and oxygen atoms in total. The van der Waals surface area contributed by atoms with Gasteiger partial charge in [0.15, 0.2) is 19.7 Å². The Morgan fingerprint density at radius 2 is 1.73 bits per heavy atom. The van der Waals surface area contributed by atoms with E-state index in [1.165, 1.54) is 12.1 Å². The smallest absolute Gasteiger partial charge is 0.177 e. The molecule has 1 atom stereocenters. The quantitative estimate of drug-likeness (QED) is 0.836. The molecule has 1 aliphatic heterocycles. The van der Waals surface area contributed by atoms with E-state index < -0.39 is 19.7 Å². The van der Waals surface area contributed by atoms with Gasteiger partial charge in [0.25, 0.3) is 0 Å². The normalized spacial score (nSPS) is 19.9. The van der Waals surface area contributed by atoms with Gasteiger partial charge in [-0.2, -0.15) is 0 Å². The Labute approximate surface area is 133 Å². The van der Waals surface area contributed by atoms with Gasteiger partial charge in [-0.25, -0.2) is 16.8 Å². The van der Waals surface area contributed by atoms with E-state index in [9.17, 15) is 16.8 Å². The van der Waals surface area contributed by atoms with Crippen molar-refractivity contribution in [1.82, 2.24) is 0 Å². The van der Waals surface area contributed by atoms with E-state index in [1.807, 2.05) is 0 Å². The maximum Gasteiger partial charge on any atom is 0.177 e. The lowest BCUT2D eigenvalue weighted by Crippen LogP contribution is -2.34. The Morgan fingerprint density at radius 3 is 2.23 bits per heavy atom. The monoisotopic (exact) mass is 345 g/mol. The molecule has 0 radical (unpaired) electrons. The minimum Gasteiger partial charge on any atom is -0.367 e. The Hall–Kier alpha value is -1.08. The zero-order chi connectivity index (χ0) is 16.7. The van der Waals surface area contributed by atoms with E-state index in [2.05, 4.69) is 18.7 Å². The van der Waals surface area contributed by atoms with Crippen molar-refractivity contribution in [3.05, 3.63) is 18.2 Å². The fraction of sp³-hybridized carbons (Fsp3) is 0.600. The fourth-order valence-corrected chi connectivity index (χ4v) is 4.67. The SMILES string of the molecule is CC(C)[C@H]1CCCN1c1ccc(S(C)(=O)=O)cc1S(C)(=O)=O. The van der Waals surface area contributed by atoms with Crippen LogP contribution in [0.5, 0.6) is 0 Å². The van der Waals surface area contributed by atoms with Crippen molar-refractivity contribution < 1.29 is 16.8 Å². The van der Waals surface area contributed by atoms with E-state index in [4.69, 9.17) is 0 Å². The van der Waals surface area contributed by atoms with Crippen molar-refractivity contribution in [2.45, 2.75) is 42.5 Å².